The second kappa shape index (κ2) is 6.20. The highest BCUT2D eigenvalue weighted by atomic mass is 16.1. The molecule has 0 saturated carbocycles. The van der Waals surface area contributed by atoms with Crippen LogP contribution in [0.5, 0.6) is 0 Å². The summed E-state index contributed by atoms with van der Waals surface area (Å²) >= 11 is 0. The third-order valence-corrected chi connectivity index (χ3v) is 4.32. The van der Waals surface area contributed by atoms with E-state index < -0.39 is 0 Å². The molecular weight excluding hydrogens is 296 g/mol. The molecule has 0 fully saturated rings. The Morgan fingerprint density at radius 3 is 2.50 bits per heavy atom. The fourth-order valence-corrected chi connectivity index (χ4v) is 3.10. The number of carbonyl (C=O) groups excluding carboxylic acids is 1. The second-order valence-corrected chi connectivity index (χ2v) is 5.89. The van der Waals surface area contributed by atoms with Gasteiger partial charge >= 0.3 is 0 Å². The zero-order valence-electron chi connectivity index (χ0n) is 13.3. The van der Waals surface area contributed by atoms with Crippen molar-refractivity contribution in [1.82, 2.24) is 4.57 Å². The number of nitrogens with zero attached hydrogens (tertiary/aromatic N) is 1. The molecular formula is C21H18N2O. The molecule has 0 aliphatic heterocycles. The summed E-state index contributed by atoms with van der Waals surface area (Å²) in [4.78, 5) is 12.4. The Hall–Kier alpha value is -3.07. The summed E-state index contributed by atoms with van der Waals surface area (Å²) in [6.45, 7) is 0.671. The topological polar surface area (TPSA) is 34.0 Å². The summed E-state index contributed by atoms with van der Waals surface area (Å²) < 4.78 is 2.12. The zero-order valence-corrected chi connectivity index (χ0v) is 13.3. The predicted molar refractivity (Wildman–Crippen MR) is 99.1 cm³/mol. The Morgan fingerprint density at radius 2 is 1.58 bits per heavy atom. The number of anilines is 1. The highest BCUT2D eigenvalue weighted by Gasteiger charge is 2.07. The van der Waals surface area contributed by atoms with Gasteiger partial charge in [0, 0.05) is 35.8 Å². The van der Waals surface area contributed by atoms with Crippen LogP contribution in [0, 0.1) is 0 Å². The van der Waals surface area contributed by atoms with Gasteiger partial charge in [0.25, 0.3) is 0 Å². The monoisotopic (exact) mass is 314 g/mol. The van der Waals surface area contributed by atoms with Crippen LogP contribution in [-0.2, 0) is 11.3 Å². The molecule has 3 aromatic carbocycles. The van der Waals surface area contributed by atoms with Gasteiger partial charge in [-0.1, -0.05) is 54.6 Å². The minimum absolute atomic E-state index is 0.0316. The lowest BCUT2D eigenvalue weighted by atomic mass is 10.1. The number of rotatable bonds is 4. The van der Waals surface area contributed by atoms with Gasteiger partial charge in [0.15, 0.2) is 0 Å². The van der Waals surface area contributed by atoms with E-state index in [2.05, 4.69) is 40.2 Å². The molecule has 0 aliphatic carbocycles. The molecule has 0 unspecified atom stereocenters. The van der Waals surface area contributed by atoms with Crippen LogP contribution < -0.4 is 5.32 Å². The molecule has 1 heterocycles. The zero-order chi connectivity index (χ0) is 16.4. The number of nitrogens with one attached hydrogen (secondary N) is 1. The van der Waals surface area contributed by atoms with E-state index in [-0.39, 0.29) is 5.91 Å². The lowest BCUT2D eigenvalue weighted by Gasteiger charge is -2.09. The van der Waals surface area contributed by atoms with Crippen molar-refractivity contribution in [2.24, 2.45) is 0 Å². The van der Waals surface area contributed by atoms with Crippen LogP contribution in [0.3, 0.4) is 0 Å². The third-order valence-electron chi connectivity index (χ3n) is 4.32. The van der Waals surface area contributed by atoms with Crippen LogP contribution in [0.1, 0.15) is 6.42 Å². The van der Waals surface area contributed by atoms with Crippen molar-refractivity contribution in [3.8, 4) is 0 Å². The first-order chi connectivity index (χ1) is 11.8. The quantitative estimate of drug-likeness (QED) is 0.575. The molecule has 0 atom stereocenters. The summed E-state index contributed by atoms with van der Waals surface area (Å²) in [5.74, 6) is 0.0316. The molecule has 3 heteroatoms. The summed E-state index contributed by atoms with van der Waals surface area (Å²) in [5.41, 5.74) is 2.03. The number of para-hydroxylation sites is 1. The minimum atomic E-state index is 0.0316. The molecule has 4 rings (SSSR count). The fraction of sp³-hybridized carbons (Fsp3) is 0.0952. The van der Waals surface area contributed by atoms with Crippen molar-refractivity contribution in [2.45, 2.75) is 13.0 Å². The van der Waals surface area contributed by atoms with Crippen LogP contribution in [0.15, 0.2) is 79.0 Å². The van der Waals surface area contributed by atoms with Gasteiger partial charge in [-0.15, -0.1) is 0 Å². The van der Waals surface area contributed by atoms with Gasteiger partial charge in [0.1, 0.15) is 0 Å². The summed E-state index contributed by atoms with van der Waals surface area (Å²) in [7, 11) is 0. The maximum atomic E-state index is 12.4. The average molecular weight is 314 g/mol. The van der Waals surface area contributed by atoms with E-state index >= 15 is 0 Å². The number of amides is 1. The van der Waals surface area contributed by atoms with E-state index in [1.54, 1.807) is 0 Å². The predicted octanol–water partition coefficient (Wildman–Crippen LogP) is 4.82. The van der Waals surface area contributed by atoms with Crippen LogP contribution in [0.25, 0.3) is 21.7 Å². The molecule has 24 heavy (non-hydrogen) atoms. The maximum Gasteiger partial charge on any atom is 0.226 e. The third kappa shape index (κ3) is 2.76. The number of aryl methyl sites for hydroxylation is 1. The largest absolute Gasteiger partial charge is 0.347 e. The Kier molecular flexibility index (Phi) is 3.75. The van der Waals surface area contributed by atoms with Gasteiger partial charge in [-0.3, -0.25) is 4.79 Å². The van der Waals surface area contributed by atoms with Crippen molar-refractivity contribution < 1.29 is 4.79 Å². The maximum absolute atomic E-state index is 12.4. The van der Waals surface area contributed by atoms with E-state index in [1.165, 1.54) is 5.39 Å². The highest BCUT2D eigenvalue weighted by Crippen LogP contribution is 2.23. The number of carbonyl (C=O) groups is 1. The van der Waals surface area contributed by atoms with Crippen molar-refractivity contribution >= 4 is 33.3 Å². The van der Waals surface area contributed by atoms with Gasteiger partial charge in [-0.25, -0.2) is 0 Å². The molecule has 118 valence electrons. The van der Waals surface area contributed by atoms with E-state index in [0.29, 0.717) is 13.0 Å². The second-order valence-electron chi connectivity index (χ2n) is 5.89. The first-order valence-corrected chi connectivity index (χ1v) is 8.13. The normalized spacial score (nSPS) is 11.0. The van der Waals surface area contributed by atoms with Gasteiger partial charge in [-0.05, 0) is 29.0 Å². The van der Waals surface area contributed by atoms with E-state index in [1.807, 2.05) is 48.7 Å². The number of aromatic nitrogens is 1. The molecule has 1 amide bonds. The molecule has 4 aromatic rings. The van der Waals surface area contributed by atoms with Crippen molar-refractivity contribution in [2.75, 3.05) is 5.32 Å². The molecule has 0 radical (unpaired) electrons. The van der Waals surface area contributed by atoms with Crippen LogP contribution in [-0.4, -0.2) is 10.5 Å². The summed E-state index contributed by atoms with van der Waals surface area (Å²) in [6, 6.07) is 24.4. The van der Waals surface area contributed by atoms with Gasteiger partial charge in [0.2, 0.25) is 5.91 Å². The summed E-state index contributed by atoms with van der Waals surface area (Å²) in [5, 5.41) is 6.44. The summed E-state index contributed by atoms with van der Waals surface area (Å²) in [6.07, 6.45) is 2.48. The first kappa shape index (κ1) is 14.5. The number of fused-ring (bicyclic) bond motifs is 2. The van der Waals surface area contributed by atoms with Crippen molar-refractivity contribution in [3.05, 3.63) is 79.0 Å². The molecule has 0 spiro atoms. The van der Waals surface area contributed by atoms with Crippen molar-refractivity contribution in [3.63, 3.8) is 0 Å². The standard InChI is InChI=1S/C21H18N2O/c24-21(13-15-23-14-12-17-7-2-4-11-20(17)23)22-19-10-5-8-16-6-1-3-9-18(16)19/h1-12,14H,13,15H2,(H,22,24). The van der Waals surface area contributed by atoms with E-state index in [0.717, 1.165) is 22.0 Å². The van der Waals surface area contributed by atoms with Gasteiger partial charge in [0.05, 0.1) is 0 Å². The van der Waals surface area contributed by atoms with Crippen LogP contribution >= 0.6 is 0 Å². The van der Waals surface area contributed by atoms with Crippen LogP contribution in [0.2, 0.25) is 0 Å². The number of benzene rings is 3. The molecule has 0 bridgehead atoms. The number of hydrogen-bond donors (Lipinski definition) is 1. The highest BCUT2D eigenvalue weighted by molar-refractivity contribution is 6.02. The molecule has 1 N–H and O–H groups in total. The molecule has 0 aliphatic rings. The Labute approximate surface area is 140 Å². The smallest absolute Gasteiger partial charge is 0.226 e. The Bertz CT molecular complexity index is 1010. The fourth-order valence-electron chi connectivity index (χ4n) is 3.10. The minimum Gasteiger partial charge on any atom is -0.347 e. The number of hydrogen-bond acceptors (Lipinski definition) is 1. The van der Waals surface area contributed by atoms with E-state index in [4.69, 9.17) is 0 Å². The average Bonchev–Trinajstić information content (AvgIpc) is 3.04. The molecule has 3 nitrogen and oxygen atoms in total. The lowest BCUT2D eigenvalue weighted by molar-refractivity contribution is -0.116. The van der Waals surface area contributed by atoms with Gasteiger partial charge in [-0.2, -0.15) is 0 Å². The SMILES string of the molecule is O=C(CCn1ccc2ccccc21)Nc1cccc2ccccc12. The van der Waals surface area contributed by atoms with Gasteiger partial charge < -0.3 is 9.88 Å². The Morgan fingerprint density at radius 1 is 0.833 bits per heavy atom. The first-order valence-electron chi connectivity index (χ1n) is 8.13. The van der Waals surface area contributed by atoms with Crippen molar-refractivity contribution in [1.29, 1.82) is 0 Å². The Balaban J connectivity index is 1.48. The molecule has 0 saturated heterocycles. The van der Waals surface area contributed by atoms with E-state index in [9.17, 15) is 4.79 Å². The van der Waals surface area contributed by atoms with Crippen LogP contribution in [0.4, 0.5) is 5.69 Å². The molecule has 1 aromatic heterocycles. The lowest BCUT2D eigenvalue weighted by Crippen LogP contribution is -2.14.